The van der Waals surface area contributed by atoms with Crippen LogP contribution in [0.1, 0.15) is 25.1 Å². The molecule has 2 aromatic rings. The molecule has 1 aromatic carbocycles. The molecule has 0 amide bonds. The summed E-state index contributed by atoms with van der Waals surface area (Å²) in [5, 5.41) is 0. The molecule has 2 heterocycles. The molecule has 27 heavy (non-hydrogen) atoms. The van der Waals surface area contributed by atoms with Gasteiger partial charge in [-0.05, 0) is 37.5 Å². The van der Waals surface area contributed by atoms with E-state index in [4.69, 9.17) is 4.74 Å². The number of halogens is 2. The van der Waals surface area contributed by atoms with Gasteiger partial charge in [0, 0.05) is 13.1 Å². The van der Waals surface area contributed by atoms with Crippen molar-refractivity contribution in [2.45, 2.75) is 30.7 Å². The minimum Gasteiger partial charge on any atom is -0.467 e. The lowest BCUT2D eigenvalue weighted by atomic mass is 10.1. The Bertz CT molecular complexity index is 920. The minimum absolute atomic E-state index is 0.0525. The molecule has 11 heteroatoms. The van der Waals surface area contributed by atoms with Gasteiger partial charge in [0.05, 0.1) is 13.7 Å². The van der Waals surface area contributed by atoms with Crippen LogP contribution in [0.4, 0.5) is 14.7 Å². The van der Waals surface area contributed by atoms with Crippen molar-refractivity contribution in [3.8, 4) is 6.01 Å². The van der Waals surface area contributed by atoms with Crippen molar-refractivity contribution in [1.82, 2.24) is 19.7 Å². The van der Waals surface area contributed by atoms with Gasteiger partial charge in [-0.2, -0.15) is 15.0 Å². The van der Waals surface area contributed by atoms with Gasteiger partial charge in [0.2, 0.25) is 16.0 Å². The summed E-state index contributed by atoms with van der Waals surface area (Å²) in [6.45, 7) is 1.25. The van der Waals surface area contributed by atoms with Gasteiger partial charge in [0.25, 0.3) is 0 Å². The first-order valence-corrected chi connectivity index (χ1v) is 9.86. The maximum Gasteiger partial charge on any atom is 0.321 e. The zero-order chi connectivity index (χ0) is 19.4. The van der Waals surface area contributed by atoms with Crippen molar-refractivity contribution in [3.05, 3.63) is 35.7 Å². The first-order valence-electron chi connectivity index (χ1n) is 8.37. The Hall–Kier alpha value is -2.40. The van der Waals surface area contributed by atoms with Gasteiger partial charge in [-0.1, -0.05) is 0 Å². The Labute approximate surface area is 155 Å². The van der Waals surface area contributed by atoms with E-state index in [1.54, 1.807) is 0 Å². The molecule has 1 fully saturated rings. The van der Waals surface area contributed by atoms with Crippen LogP contribution < -0.4 is 14.4 Å². The fourth-order valence-electron chi connectivity index (χ4n) is 2.71. The lowest BCUT2D eigenvalue weighted by molar-refractivity contribution is 0.374. The number of nitrogens with one attached hydrogen (secondary N) is 1. The van der Waals surface area contributed by atoms with E-state index < -0.39 is 26.6 Å². The highest BCUT2D eigenvalue weighted by atomic mass is 32.2. The zero-order valence-electron chi connectivity index (χ0n) is 14.7. The zero-order valence-corrected chi connectivity index (χ0v) is 15.5. The highest BCUT2D eigenvalue weighted by Crippen LogP contribution is 2.19. The molecule has 1 aromatic heterocycles. The summed E-state index contributed by atoms with van der Waals surface area (Å²) >= 11 is 0. The van der Waals surface area contributed by atoms with E-state index in [1.807, 2.05) is 4.90 Å². The third kappa shape index (κ3) is 4.66. The molecule has 0 unspecified atom stereocenters. The highest BCUT2D eigenvalue weighted by molar-refractivity contribution is 7.89. The molecule has 0 atom stereocenters. The van der Waals surface area contributed by atoms with Crippen molar-refractivity contribution in [2.75, 3.05) is 25.1 Å². The van der Waals surface area contributed by atoms with E-state index in [-0.39, 0.29) is 18.4 Å². The Kier molecular flexibility index (Phi) is 5.80. The fraction of sp³-hybridized carbons (Fsp3) is 0.438. The molecule has 0 saturated carbocycles. The molecule has 0 aliphatic carbocycles. The van der Waals surface area contributed by atoms with Crippen LogP contribution in [0.3, 0.4) is 0 Å². The second-order valence-electron chi connectivity index (χ2n) is 5.99. The standard InChI is InChI=1S/C16H19F2N5O3S/c1-26-16-21-14(20-15(22-16)23-7-3-2-4-8-23)10-19-27(24,25)13-9-11(17)5-6-12(13)18/h5-6,9,19H,2-4,7-8,10H2,1H3. The van der Waals surface area contributed by atoms with Crippen molar-refractivity contribution in [3.63, 3.8) is 0 Å². The van der Waals surface area contributed by atoms with E-state index in [9.17, 15) is 17.2 Å². The van der Waals surface area contributed by atoms with Crippen LogP contribution in [0.5, 0.6) is 6.01 Å². The summed E-state index contributed by atoms with van der Waals surface area (Å²) in [5.41, 5.74) is 0. The van der Waals surface area contributed by atoms with E-state index in [0.29, 0.717) is 12.0 Å². The van der Waals surface area contributed by atoms with E-state index >= 15 is 0 Å². The normalized spacial score (nSPS) is 15.0. The molecule has 1 N–H and O–H groups in total. The molecule has 0 bridgehead atoms. The number of nitrogens with zero attached hydrogens (tertiary/aromatic N) is 4. The van der Waals surface area contributed by atoms with Crippen LogP contribution in [0.15, 0.2) is 23.1 Å². The third-order valence-corrected chi connectivity index (χ3v) is 5.49. The second-order valence-corrected chi connectivity index (χ2v) is 7.72. The predicted octanol–water partition coefficient (Wildman–Crippen LogP) is 1.63. The minimum atomic E-state index is -4.29. The summed E-state index contributed by atoms with van der Waals surface area (Å²) in [7, 11) is -2.89. The quantitative estimate of drug-likeness (QED) is 0.788. The molecule has 0 spiro atoms. The van der Waals surface area contributed by atoms with Crippen LogP contribution in [0.2, 0.25) is 0 Å². The van der Waals surface area contributed by atoms with Crippen molar-refractivity contribution < 1.29 is 21.9 Å². The van der Waals surface area contributed by atoms with E-state index in [1.165, 1.54) is 7.11 Å². The van der Waals surface area contributed by atoms with Gasteiger partial charge in [0.1, 0.15) is 16.5 Å². The topological polar surface area (TPSA) is 97.3 Å². The molecular weight excluding hydrogens is 380 g/mol. The number of methoxy groups -OCH3 is 1. The van der Waals surface area contributed by atoms with Gasteiger partial charge in [-0.15, -0.1) is 0 Å². The largest absolute Gasteiger partial charge is 0.467 e. The monoisotopic (exact) mass is 399 g/mol. The first kappa shape index (κ1) is 19.4. The third-order valence-electron chi connectivity index (χ3n) is 4.07. The van der Waals surface area contributed by atoms with Crippen LogP contribution >= 0.6 is 0 Å². The van der Waals surface area contributed by atoms with Crippen LogP contribution in [0.25, 0.3) is 0 Å². The summed E-state index contributed by atoms with van der Waals surface area (Å²) in [6.07, 6.45) is 3.15. The Morgan fingerprint density at radius 1 is 1.15 bits per heavy atom. The van der Waals surface area contributed by atoms with Gasteiger partial charge in [-0.25, -0.2) is 21.9 Å². The lowest BCUT2D eigenvalue weighted by Gasteiger charge is -2.26. The number of hydrogen-bond acceptors (Lipinski definition) is 7. The summed E-state index contributed by atoms with van der Waals surface area (Å²) in [5.74, 6) is -1.40. The average molecular weight is 399 g/mol. The SMILES string of the molecule is COc1nc(CNS(=O)(=O)c2cc(F)ccc2F)nc(N2CCCCC2)n1. The second kappa shape index (κ2) is 8.09. The van der Waals surface area contributed by atoms with Crippen molar-refractivity contribution >= 4 is 16.0 Å². The van der Waals surface area contributed by atoms with Crippen LogP contribution in [0, 0.1) is 11.6 Å². The van der Waals surface area contributed by atoms with Crippen LogP contribution in [-0.2, 0) is 16.6 Å². The van der Waals surface area contributed by atoms with Gasteiger partial charge >= 0.3 is 6.01 Å². The van der Waals surface area contributed by atoms with E-state index in [2.05, 4.69) is 19.7 Å². The molecular formula is C16H19F2N5O3S. The fourth-order valence-corrected chi connectivity index (χ4v) is 3.78. The Morgan fingerprint density at radius 3 is 2.59 bits per heavy atom. The van der Waals surface area contributed by atoms with Crippen LogP contribution in [-0.4, -0.2) is 43.6 Å². The maximum absolute atomic E-state index is 13.8. The molecule has 146 valence electrons. The molecule has 8 nitrogen and oxygen atoms in total. The smallest absolute Gasteiger partial charge is 0.321 e. The maximum atomic E-state index is 13.8. The molecule has 1 aliphatic heterocycles. The van der Waals surface area contributed by atoms with Gasteiger partial charge in [0.15, 0.2) is 5.82 Å². The molecule has 0 radical (unpaired) electrons. The lowest BCUT2D eigenvalue weighted by Crippen LogP contribution is -2.32. The number of rotatable bonds is 6. The number of ether oxygens (including phenoxy) is 1. The summed E-state index contributed by atoms with van der Waals surface area (Å²) < 4.78 is 58.9. The average Bonchev–Trinajstić information content (AvgIpc) is 2.68. The molecule has 1 saturated heterocycles. The van der Waals surface area contributed by atoms with E-state index in [0.717, 1.165) is 44.5 Å². The van der Waals surface area contributed by atoms with Crippen molar-refractivity contribution in [2.24, 2.45) is 0 Å². The van der Waals surface area contributed by atoms with Gasteiger partial charge in [-0.3, -0.25) is 0 Å². The number of piperidine rings is 1. The summed E-state index contributed by atoms with van der Waals surface area (Å²) in [4.78, 5) is 13.7. The number of hydrogen-bond donors (Lipinski definition) is 1. The number of sulfonamides is 1. The number of anilines is 1. The van der Waals surface area contributed by atoms with Gasteiger partial charge < -0.3 is 9.64 Å². The number of aromatic nitrogens is 3. The molecule has 3 rings (SSSR count). The predicted molar refractivity (Wildman–Crippen MR) is 92.8 cm³/mol. The Balaban J connectivity index is 1.81. The molecule has 1 aliphatic rings. The van der Waals surface area contributed by atoms with Crippen molar-refractivity contribution in [1.29, 1.82) is 0 Å². The Morgan fingerprint density at radius 2 is 1.89 bits per heavy atom. The number of benzene rings is 1. The summed E-state index contributed by atoms with van der Waals surface area (Å²) in [6, 6.07) is 2.27. The first-order chi connectivity index (χ1) is 12.9. The highest BCUT2D eigenvalue weighted by Gasteiger charge is 2.21.